The fourth-order valence-corrected chi connectivity index (χ4v) is 3.55. The average Bonchev–Trinajstić information content (AvgIpc) is 2.61. The zero-order valence-electron chi connectivity index (χ0n) is 14.5. The molecule has 0 spiro atoms. The third kappa shape index (κ3) is 4.50. The molecule has 0 bridgehead atoms. The van der Waals surface area contributed by atoms with Crippen molar-refractivity contribution in [2.45, 2.75) is 26.2 Å². The lowest BCUT2D eigenvalue weighted by atomic mass is 10.0. The van der Waals surface area contributed by atoms with Crippen LogP contribution in [-0.4, -0.2) is 30.7 Å². The Kier molecular flexibility index (Phi) is 7.09. The monoisotopic (exact) mass is 383 g/mol. The van der Waals surface area contributed by atoms with Crippen LogP contribution in [0.1, 0.15) is 31.7 Å². The first kappa shape index (κ1) is 18.8. The Hall–Kier alpha value is -1.56. The first-order valence-corrected chi connectivity index (χ1v) is 8.76. The highest BCUT2D eigenvalue weighted by Gasteiger charge is 2.27. The molecule has 0 unspecified atom stereocenters. The van der Waals surface area contributed by atoms with Gasteiger partial charge in [-0.25, -0.2) is 0 Å². The normalized spacial score (nSPS) is 16.4. The van der Waals surface area contributed by atoms with Crippen molar-refractivity contribution in [1.82, 2.24) is 0 Å². The molecule has 2 aromatic carbocycles. The Morgan fingerprint density at radius 1 is 1.00 bits per heavy atom. The number of likely N-dealkylation sites (tertiary alicyclic amines) is 1. The summed E-state index contributed by atoms with van der Waals surface area (Å²) in [4.78, 5) is 0. The van der Waals surface area contributed by atoms with E-state index in [4.69, 9.17) is 0 Å². The van der Waals surface area contributed by atoms with Gasteiger partial charge in [-0.2, -0.15) is 0 Å². The predicted octanol–water partition coefficient (Wildman–Crippen LogP) is 1.77. The molecule has 0 amide bonds. The fraction of sp³-hybridized carbons (Fsp3) is 0.364. The number of nitrogens with zero attached hydrogens (tertiary/aromatic N) is 1. The summed E-state index contributed by atoms with van der Waals surface area (Å²) in [7, 11) is 0. The van der Waals surface area contributed by atoms with E-state index in [1.807, 2.05) is 0 Å². The molecule has 0 radical (unpaired) electrons. The highest BCUT2D eigenvalue weighted by Crippen LogP contribution is 2.20. The number of hydrogen-bond acceptors (Lipinski definition) is 0. The highest BCUT2D eigenvalue weighted by molar-refractivity contribution is 5.88. The third-order valence-electron chi connectivity index (χ3n) is 4.92. The summed E-state index contributed by atoms with van der Waals surface area (Å²) < 4.78 is 1.14. The summed E-state index contributed by atoms with van der Waals surface area (Å²) >= 11 is 0. The molecule has 24 heavy (non-hydrogen) atoms. The average molecular weight is 384 g/mol. The molecule has 0 saturated carbocycles. The number of hydrogen-bond donors (Lipinski definition) is 0. The van der Waals surface area contributed by atoms with E-state index >= 15 is 0 Å². The molecule has 1 heterocycles. The van der Waals surface area contributed by atoms with Crippen molar-refractivity contribution in [2.75, 3.05) is 26.2 Å². The topological polar surface area (TPSA) is 0 Å². The summed E-state index contributed by atoms with van der Waals surface area (Å²) in [6.45, 7) is 6.75. The second-order valence-corrected chi connectivity index (χ2v) is 6.59. The van der Waals surface area contributed by atoms with Crippen molar-refractivity contribution in [3.63, 3.8) is 0 Å². The SMILES string of the molecule is CC=CC[N+]1(CC#Cc2cccc3ccccc23)CCCCC1.[Br-]. The number of halogens is 1. The molecule has 1 aliphatic heterocycles. The molecule has 126 valence electrons. The van der Waals surface area contributed by atoms with Gasteiger partial charge < -0.3 is 21.5 Å². The van der Waals surface area contributed by atoms with Crippen molar-refractivity contribution in [2.24, 2.45) is 0 Å². The number of benzene rings is 2. The van der Waals surface area contributed by atoms with Gasteiger partial charge in [0.1, 0.15) is 6.54 Å². The summed E-state index contributed by atoms with van der Waals surface area (Å²) in [6.07, 6.45) is 8.55. The van der Waals surface area contributed by atoms with Crippen LogP contribution in [0.4, 0.5) is 0 Å². The molecule has 1 nitrogen and oxygen atoms in total. The summed E-state index contributed by atoms with van der Waals surface area (Å²) in [5.41, 5.74) is 1.16. The van der Waals surface area contributed by atoms with Crippen LogP contribution >= 0.6 is 0 Å². The molecular formula is C22H26BrN. The molecular weight excluding hydrogens is 358 g/mol. The second kappa shape index (κ2) is 9.06. The van der Waals surface area contributed by atoms with Crippen molar-refractivity contribution < 1.29 is 21.5 Å². The molecule has 0 aliphatic carbocycles. The van der Waals surface area contributed by atoms with Gasteiger partial charge in [-0.15, -0.1) is 0 Å². The minimum atomic E-state index is 0. The van der Waals surface area contributed by atoms with E-state index in [-0.39, 0.29) is 17.0 Å². The zero-order valence-corrected chi connectivity index (χ0v) is 16.1. The molecule has 0 N–H and O–H groups in total. The van der Waals surface area contributed by atoms with Crippen LogP contribution < -0.4 is 17.0 Å². The van der Waals surface area contributed by atoms with Crippen molar-refractivity contribution in [1.29, 1.82) is 0 Å². The van der Waals surface area contributed by atoms with Gasteiger partial charge in [0.15, 0.2) is 0 Å². The van der Waals surface area contributed by atoms with Gasteiger partial charge in [-0.05, 0) is 55.0 Å². The standard InChI is InChI=1S/C22H26N.BrH/c1-2-3-16-23(17-7-4-8-18-23)19-10-14-21-13-9-12-20-11-5-6-15-22(20)21;/h2-3,5-6,9,11-13,15H,4,7-8,16-19H2,1H3;1H/q+1;/p-1. The minimum Gasteiger partial charge on any atom is -1.00 e. The van der Waals surface area contributed by atoms with E-state index < -0.39 is 0 Å². The van der Waals surface area contributed by atoms with E-state index in [1.54, 1.807) is 0 Å². The van der Waals surface area contributed by atoms with Crippen molar-refractivity contribution >= 4 is 10.8 Å². The smallest absolute Gasteiger partial charge is 0.141 e. The number of quaternary nitrogens is 1. The van der Waals surface area contributed by atoms with Crippen molar-refractivity contribution in [3.05, 3.63) is 60.2 Å². The maximum absolute atomic E-state index is 3.50. The van der Waals surface area contributed by atoms with Crippen LogP contribution in [0.2, 0.25) is 0 Å². The number of piperidine rings is 1. The Morgan fingerprint density at radius 2 is 1.75 bits per heavy atom. The lowest BCUT2D eigenvalue weighted by molar-refractivity contribution is -0.920. The summed E-state index contributed by atoms with van der Waals surface area (Å²) in [5.74, 6) is 6.95. The zero-order chi connectivity index (χ0) is 16.0. The summed E-state index contributed by atoms with van der Waals surface area (Å²) in [6, 6.07) is 14.9. The maximum Gasteiger partial charge on any atom is 0.141 e. The maximum atomic E-state index is 3.50. The van der Waals surface area contributed by atoms with Crippen molar-refractivity contribution in [3.8, 4) is 11.8 Å². The van der Waals surface area contributed by atoms with E-state index in [2.05, 4.69) is 73.4 Å². The second-order valence-electron chi connectivity index (χ2n) is 6.59. The first-order chi connectivity index (χ1) is 11.3. The summed E-state index contributed by atoms with van der Waals surface area (Å²) in [5, 5.41) is 2.54. The van der Waals surface area contributed by atoms with Crippen LogP contribution in [-0.2, 0) is 0 Å². The highest BCUT2D eigenvalue weighted by atomic mass is 79.9. The van der Waals surface area contributed by atoms with Gasteiger partial charge in [0.2, 0.25) is 0 Å². The van der Waals surface area contributed by atoms with E-state index in [0.29, 0.717) is 0 Å². The van der Waals surface area contributed by atoms with Gasteiger partial charge in [-0.1, -0.05) is 48.4 Å². The van der Waals surface area contributed by atoms with E-state index in [0.717, 1.165) is 23.1 Å². The molecule has 1 aliphatic rings. The van der Waals surface area contributed by atoms with Crippen LogP contribution in [0.15, 0.2) is 54.6 Å². The lowest BCUT2D eigenvalue weighted by Crippen LogP contribution is -3.00. The molecule has 1 fully saturated rings. The predicted molar refractivity (Wildman–Crippen MR) is 99.2 cm³/mol. The third-order valence-corrected chi connectivity index (χ3v) is 4.92. The van der Waals surface area contributed by atoms with Gasteiger partial charge >= 0.3 is 0 Å². The minimum absolute atomic E-state index is 0. The Morgan fingerprint density at radius 3 is 2.54 bits per heavy atom. The molecule has 0 atom stereocenters. The van der Waals surface area contributed by atoms with E-state index in [1.165, 1.54) is 43.1 Å². The largest absolute Gasteiger partial charge is 1.00 e. The first-order valence-electron chi connectivity index (χ1n) is 8.76. The molecule has 3 rings (SSSR count). The molecule has 1 saturated heterocycles. The number of allylic oxidation sites excluding steroid dienone is 1. The van der Waals surface area contributed by atoms with Crippen LogP contribution in [0.3, 0.4) is 0 Å². The van der Waals surface area contributed by atoms with Gasteiger partial charge in [0.05, 0.1) is 19.6 Å². The quantitative estimate of drug-likeness (QED) is 0.430. The van der Waals surface area contributed by atoms with Gasteiger partial charge in [0.25, 0.3) is 0 Å². The lowest BCUT2D eigenvalue weighted by Gasteiger charge is -2.39. The fourth-order valence-electron chi connectivity index (χ4n) is 3.55. The molecule has 0 aromatic heterocycles. The molecule has 2 aromatic rings. The van der Waals surface area contributed by atoms with Crippen LogP contribution in [0, 0.1) is 11.8 Å². The Balaban J connectivity index is 0.00000208. The Bertz CT molecular complexity index is 740. The number of fused-ring (bicyclic) bond motifs is 1. The Labute approximate surface area is 156 Å². The van der Waals surface area contributed by atoms with Gasteiger partial charge in [0, 0.05) is 5.56 Å². The van der Waals surface area contributed by atoms with E-state index in [9.17, 15) is 0 Å². The molecule has 2 heteroatoms. The van der Waals surface area contributed by atoms with Crippen LogP contribution in [0.5, 0.6) is 0 Å². The van der Waals surface area contributed by atoms with Crippen LogP contribution in [0.25, 0.3) is 10.8 Å². The number of rotatable bonds is 3. The van der Waals surface area contributed by atoms with Gasteiger partial charge in [-0.3, -0.25) is 0 Å².